The molecule has 0 spiro atoms. The zero-order valence-electron chi connectivity index (χ0n) is 20.1. The number of fused-ring (bicyclic) bond motifs is 13. The summed E-state index contributed by atoms with van der Waals surface area (Å²) >= 11 is 0. The van der Waals surface area contributed by atoms with E-state index in [4.69, 9.17) is 4.74 Å². The lowest BCUT2D eigenvalue weighted by molar-refractivity contribution is -0.251. The minimum Gasteiger partial charge on any atom is -0.396 e. The third-order valence-electron chi connectivity index (χ3n) is 8.52. The summed E-state index contributed by atoms with van der Waals surface area (Å²) in [7, 11) is 0. The predicted octanol–water partition coefficient (Wildman–Crippen LogP) is 3.87. The Hall–Kier alpha value is -4.07. The van der Waals surface area contributed by atoms with Crippen LogP contribution in [0.4, 0.5) is 22.0 Å². The van der Waals surface area contributed by atoms with Gasteiger partial charge in [0.05, 0.1) is 51.8 Å². The van der Waals surface area contributed by atoms with Crippen LogP contribution in [0.3, 0.4) is 0 Å². The van der Waals surface area contributed by atoms with Gasteiger partial charge in [0, 0.05) is 40.1 Å². The van der Waals surface area contributed by atoms with Crippen LogP contribution in [0.25, 0.3) is 43.6 Å². The summed E-state index contributed by atoms with van der Waals surface area (Å²) in [5.74, 6) is -8.10. The van der Waals surface area contributed by atoms with Gasteiger partial charge in [0.1, 0.15) is 12.9 Å². The van der Waals surface area contributed by atoms with Crippen molar-refractivity contribution in [3.05, 3.63) is 58.7 Å². The fourth-order valence-corrected chi connectivity index (χ4v) is 7.03. The number of aromatic nitrogens is 2. The normalized spacial score (nSPS) is 25.5. The number of halogens is 5. The first kappa shape index (κ1) is 23.8. The lowest BCUT2D eigenvalue weighted by atomic mass is 9.86. The van der Waals surface area contributed by atoms with Crippen LogP contribution in [0, 0.1) is 29.2 Å². The molecule has 4 atom stereocenters. The number of carbonyl (C=O) groups is 2. The van der Waals surface area contributed by atoms with Crippen molar-refractivity contribution in [2.45, 2.75) is 24.5 Å². The van der Waals surface area contributed by atoms with E-state index in [1.165, 1.54) is 9.13 Å². The number of carbonyl (C=O) groups excluding carboxylic acids is 2. The number of ether oxygens (including phenoxy) is 1. The molecule has 8 rings (SSSR count). The van der Waals surface area contributed by atoms with Gasteiger partial charge in [0.2, 0.25) is 0 Å². The number of aliphatic hydroxyl groups is 2. The molecule has 2 bridgehead atoms. The Bertz CT molecular complexity index is 2050. The third kappa shape index (κ3) is 2.52. The first-order valence-corrected chi connectivity index (χ1v) is 12.3. The van der Waals surface area contributed by atoms with Gasteiger partial charge in [-0.3, -0.25) is 14.9 Å². The van der Waals surface area contributed by atoms with Gasteiger partial charge in [0.25, 0.3) is 11.8 Å². The zero-order valence-corrected chi connectivity index (χ0v) is 20.1. The Morgan fingerprint density at radius 2 is 1.45 bits per heavy atom. The first-order valence-electron chi connectivity index (χ1n) is 12.3. The maximum absolute atomic E-state index is 14.7. The van der Waals surface area contributed by atoms with Crippen LogP contribution in [0.2, 0.25) is 0 Å². The Morgan fingerprint density at radius 1 is 0.900 bits per heavy atom. The Kier molecular flexibility index (Phi) is 4.38. The van der Waals surface area contributed by atoms with Crippen LogP contribution >= 0.6 is 0 Å². The summed E-state index contributed by atoms with van der Waals surface area (Å²) in [6, 6.07) is 3.30. The summed E-state index contributed by atoms with van der Waals surface area (Å²) in [5.41, 5.74) is -2.71. The molecule has 2 aromatic heterocycles. The molecule has 3 N–H and O–H groups in total. The molecular weight excluding hydrogens is 541 g/mol. The van der Waals surface area contributed by atoms with Gasteiger partial charge in [-0.2, -0.15) is 0 Å². The average molecular weight is 557 g/mol. The maximum Gasteiger partial charge on any atom is 0.259 e. The van der Waals surface area contributed by atoms with Gasteiger partial charge in [-0.15, -0.1) is 0 Å². The number of hydrogen-bond donors (Lipinski definition) is 3. The van der Waals surface area contributed by atoms with Crippen molar-refractivity contribution in [1.29, 1.82) is 0 Å². The highest BCUT2D eigenvalue weighted by atomic mass is 19.2. The Morgan fingerprint density at radius 3 is 2.05 bits per heavy atom. The largest absolute Gasteiger partial charge is 0.396 e. The van der Waals surface area contributed by atoms with Crippen LogP contribution in [-0.4, -0.2) is 50.5 Å². The van der Waals surface area contributed by atoms with Crippen LogP contribution < -0.4 is 5.32 Å². The van der Waals surface area contributed by atoms with Crippen molar-refractivity contribution >= 4 is 55.4 Å². The molecule has 5 aromatic rings. The van der Waals surface area contributed by atoms with E-state index >= 15 is 0 Å². The monoisotopic (exact) mass is 557 g/mol. The number of imide groups is 1. The smallest absolute Gasteiger partial charge is 0.259 e. The van der Waals surface area contributed by atoms with Crippen LogP contribution in [-0.2, 0) is 10.5 Å². The van der Waals surface area contributed by atoms with Gasteiger partial charge in [-0.1, -0.05) is 0 Å². The number of nitrogens with one attached hydrogen (secondary N) is 1. The second-order valence-corrected chi connectivity index (χ2v) is 10.4. The SMILES string of the molecule is O=C1NC(=O)c2c1c1c3cc(F)c(F)cc3n3c1c1c2c2cc(F)c(F)cc2n1C1(O)CC(CF)O[C@@H]3C1CO. The number of nitrogens with zero attached hydrogens (tertiary/aromatic N) is 2. The molecule has 13 heteroatoms. The van der Waals surface area contributed by atoms with Gasteiger partial charge < -0.3 is 24.1 Å². The van der Waals surface area contributed by atoms with Gasteiger partial charge in [-0.25, -0.2) is 22.0 Å². The molecular formula is C27H16F5N3O5. The number of benzene rings is 3. The highest BCUT2D eigenvalue weighted by molar-refractivity contribution is 6.39. The van der Waals surface area contributed by atoms with Crippen LogP contribution in [0.1, 0.15) is 33.4 Å². The minimum absolute atomic E-state index is 0.000770. The van der Waals surface area contributed by atoms with Crippen molar-refractivity contribution in [3.63, 3.8) is 0 Å². The summed E-state index contributed by atoms with van der Waals surface area (Å²) < 4.78 is 81.5. The average Bonchev–Trinajstić information content (AvgIpc) is 3.49. The zero-order chi connectivity index (χ0) is 28.0. The van der Waals surface area contributed by atoms with E-state index in [0.29, 0.717) is 0 Å². The Balaban J connectivity index is 1.77. The molecule has 3 aliphatic heterocycles. The molecule has 3 aromatic carbocycles. The highest BCUT2D eigenvalue weighted by Crippen LogP contribution is 2.55. The molecule has 3 aliphatic rings. The molecule has 8 nitrogen and oxygen atoms in total. The molecule has 0 aliphatic carbocycles. The summed E-state index contributed by atoms with van der Waals surface area (Å²) in [4.78, 5) is 26.4. The van der Waals surface area contributed by atoms with Crippen molar-refractivity contribution in [2.75, 3.05) is 13.3 Å². The quantitative estimate of drug-likeness (QED) is 0.226. The highest BCUT2D eigenvalue weighted by Gasteiger charge is 2.55. The van der Waals surface area contributed by atoms with E-state index in [0.717, 1.165) is 24.3 Å². The molecule has 40 heavy (non-hydrogen) atoms. The number of rotatable bonds is 2. The van der Waals surface area contributed by atoms with E-state index in [1.54, 1.807) is 0 Å². The molecule has 1 saturated heterocycles. The number of aliphatic hydroxyl groups excluding tert-OH is 1. The molecule has 1 fully saturated rings. The summed E-state index contributed by atoms with van der Waals surface area (Å²) in [5, 5.41) is 25.0. The van der Waals surface area contributed by atoms with E-state index in [-0.39, 0.29) is 54.7 Å². The second-order valence-electron chi connectivity index (χ2n) is 10.4. The van der Waals surface area contributed by atoms with Crippen LogP contribution in [0.15, 0.2) is 24.3 Å². The Labute approximate surface area is 219 Å². The van der Waals surface area contributed by atoms with E-state index in [1.807, 2.05) is 0 Å². The van der Waals surface area contributed by atoms with Gasteiger partial charge >= 0.3 is 0 Å². The molecule has 5 heterocycles. The molecule has 0 saturated carbocycles. The maximum atomic E-state index is 14.7. The summed E-state index contributed by atoms with van der Waals surface area (Å²) in [6.07, 6.45) is -3.08. The molecule has 2 amide bonds. The number of alkyl halides is 1. The molecule has 3 unspecified atom stereocenters. The standard InChI is InChI=1S/C27H16F5N3O5/c28-6-8-5-27(39)11(7-36)26(40-8)34-16-3-14(31)12(29)1-9(16)18-20-21(25(38)33-24(20)37)19-10-2-13(30)15(32)4-17(10)35(27)23(19)22(18)34/h1-4,8,11,26,36,39H,5-7H2,(H,33,37,38)/t8?,11?,26-,27?/m1/s1. The lowest BCUT2D eigenvalue weighted by Gasteiger charge is -2.46. The molecule has 204 valence electrons. The number of amides is 2. The fraction of sp³-hybridized carbons (Fsp3) is 0.259. The molecule has 0 radical (unpaired) electrons. The number of hydrogen-bond acceptors (Lipinski definition) is 5. The summed E-state index contributed by atoms with van der Waals surface area (Å²) in [6.45, 7) is -1.84. The fourth-order valence-electron chi connectivity index (χ4n) is 7.03. The minimum atomic E-state index is -2.19. The first-order chi connectivity index (χ1) is 19.1. The lowest BCUT2D eigenvalue weighted by Crippen LogP contribution is -2.53. The van der Waals surface area contributed by atoms with Crippen LogP contribution in [0.5, 0.6) is 0 Å². The van der Waals surface area contributed by atoms with Crippen molar-refractivity contribution in [1.82, 2.24) is 14.5 Å². The van der Waals surface area contributed by atoms with E-state index < -0.39 is 78.8 Å². The van der Waals surface area contributed by atoms with E-state index in [2.05, 4.69) is 5.32 Å². The third-order valence-corrected chi connectivity index (χ3v) is 8.52. The predicted molar refractivity (Wildman–Crippen MR) is 129 cm³/mol. The van der Waals surface area contributed by atoms with Gasteiger partial charge in [0.15, 0.2) is 29.0 Å². The second kappa shape index (κ2) is 7.36. The van der Waals surface area contributed by atoms with Crippen molar-refractivity contribution in [2.24, 2.45) is 5.92 Å². The topological polar surface area (TPSA) is 106 Å². The van der Waals surface area contributed by atoms with Gasteiger partial charge in [-0.05, 0) is 12.1 Å². The van der Waals surface area contributed by atoms with Crippen molar-refractivity contribution in [3.8, 4) is 0 Å². The van der Waals surface area contributed by atoms with E-state index in [9.17, 15) is 41.8 Å². The van der Waals surface area contributed by atoms with Crippen molar-refractivity contribution < 1.29 is 46.5 Å².